The first-order chi connectivity index (χ1) is 18.2. The van der Waals surface area contributed by atoms with E-state index < -0.39 is 0 Å². The third-order valence-electron chi connectivity index (χ3n) is 9.69. The molecule has 38 heavy (non-hydrogen) atoms. The zero-order valence-corrected chi connectivity index (χ0v) is 22.9. The summed E-state index contributed by atoms with van der Waals surface area (Å²) in [4.78, 5) is 34.5. The zero-order valence-electron chi connectivity index (χ0n) is 22.1. The predicted molar refractivity (Wildman–Crippen MR) is 144 cm³/mol. The number of piperidine rings is 2. The minimum atomic E-state index is -0.209. The number of aryl methyl sites for hydroxylation is 1. The molecule has 0 radical (unpaired) electrons. The van der Waals surface area contributed by atoms with Gasteiger partial charge in [0.2, 0.25) is 11.8 Å². The number of likely N-dealkylation sites (tertiary alicyclic amines) is 2. The highest BCUT2D eigenvalue weighted by Gasteiger charge is 2.72. The first-order valence-electron chi connectivity index (χ1n) is 13.6. The van der Waals surface area contributed by atoms with Crippen molar-refractivity contribution in [1.29, 1.82) is 0 Å². The SMILES string of the molecule is Cc1cc(Cl)cc(-c2ncnn3cc(CN4C(=O)C5C(C4=O)C5(C)C)cc23)c1CN1CCC2(CC1)CNC2. The van der Waals surface area contributed by atoms with Crippen LogP contribution in [0.4, 0.5) is 0 Å². The van der Waals surface area contributed by atoms with Crippen molar-refractivity contribution < 1.29 is 9.59 Å². The Hall–Kier alpha value is -2.81. The van der Waals surface area contributed by atoms with Crippen molar-refractivity contribution in [2.45, 2.75) is 46.7 Å². The molecule has 4 aliphatic rings. The largest absolute Gasteiger partial charge is 0.316 e. The maximum Gasteiger partial charge on any atom is 0.233 e. The van der Waals surface area contributed by atoms with Crippen LogP contribution in [0, 0.1) is 29.6 Å². The van der Waals surface area contributed by atoms with Crippen LogP contribution in [0.3, 0.4) is 0 Å². The van der Waals surface area contributed by atoms with Crippen molar-refractivity contribution in [2.24, 2.45) is 22.7 Å². The molecule has 198 valence electrons. The van der Waals surface area contributed by atoms with Gasteiger partial charge in [0.05, 0.1) is 29.6 Å². The van der Waals surface area contributed by atoms with Gasteiger partial charge in [-0.1, -0.05) is 25.4 Å². The summed E-state index contributed by atoms with van der Waals surface area (Å²) >= 11 is 6.57. The van der Waals surface area contributed by atoms with Crippen molar-refractivity contribution in [1.82, 2.24) is 29.7 Å². The monoisotopic (exact) mass is 532 g/mol. The fraction of sp³-hybridized carbons (Fsp3) is 0.517. The molecule has 1 spiro atoms. The molecule has 1 saturated carbocycles. The number of halogens is 1. The van der Waals surface area contributed by atoms with Gasteiger partial charge in [-0.3, -0.25) is 19.4 Å². The van der Waals surface area contributed by atoms with E-state index in [9.17, 15) is 9.59 Å². The average molecular weight is 533 g/mol. The molecule has 9 heteroatoms. The van der Waals surface area contributed by atoms with Crippen LogP contribution in [0.1, 0.15) is 43.4 Å². The number of nitrogens with zero attached hydrogens (tertiary/aromatic N) is 5. The van der Waals surface area contributed by atoms with Crippen LogP contribution in [-0.4, -0.2) is 62.4 Å². The van der Waals surface area contributed by atoms with Crippen molar-refractivity contribution in [3.8, 4) is 11.3 Å². The van der Waals surface area contributed by atoms with E-state index in [1.807, 2.05) is 38.2 Å². The molecule has 2 unspecified atom stereocenters. The first kappa shape index (κ1) is 24.2. The lowest BCUT2D eigenvalue weighted by Gasteiger charge is -2.48. The van der Waals surface area contributed by atoms with Gasteiger partial charge in [-0.2, -0.15) is 5.10 Å². The Kier molecular flexibility index (Phi) is 5.32. The van der Waals surface area contributed by atoms with Gasteiger partial charge in [-0.25, -0.2) is 9.50 Å². The van der Waals surface area contributed by atoms with Crippen LogP contribution in [-0.2, 0) is 22.7 Å². The third-order valence-corrected chi connectivity index (χ3v) is 9.90. The van der Waals surface area contributed by atoms with Gasteiger partial charge >= 0.3 is 0 Å². The van der Waals surface area contributed by atoms with E-state index in [1.54, 1.807) is 10.8 Å². The number of carbonyl (C=O) groups is 2. The Morgan fingerprint density at radius 2 is 1.76 bits per heavy atom. The summed E-state index contributed by atoms with van der Waals surface area (Å²) in [5, 5.41) is 8.56. The molecule has 3 aliphatic heterocycles. The highest BCUT2D eigenvalue weighted by atomic mass is 35.5. The Morgan fingerprint density at radius 1 is 1.05 bits per heavy atom. The number of benzene rings is 1. The first-order valence-corrected chi connectivity index (χ1v) is 13.9. The summed E-state index contributed by atoms with van der Waals surface area (Å²) in [6.45, 7) is 11.7. The number of nitrogens with one attached hydrogen (secondary N) is 1. The second kappa shape index (κ2) is 8.34. The van der Waals surface area contributed by atoms with Crippen molar-refractivity contribution in [3.05, 3.63) is 52.4 Å². The standard InChI is InChI=1S/C29H33ClN6O2/c1-17-8-19(30)10-20(21(17)13-34-6-4-29(5-7-34)14-31-15-29)25-22-9-18(12-36(22)33-16-32-25)11-35-26(37)23-24(27(35)38)28(23,2)3/h8-10,12,16,23-24,31H,4-7,11,13-15H2,1-3H3. The van der Waals surface area contributed by atoms with E-state index in [2.05, 4.69) is 22.2 Å². The lowest BCUT2D eigenvalue weighted by molar-refractivity contribution is -0.143. The Balaban J connectivity index is 1.19. The molecule has 3 aromatic rings. The van der Waals surface area contributed by atoms with Gasteiger partial charge in [0.15, 0.2) is 0 Å². The van der Waals surface area contributed by atoms with Crippen LogP contribution in [0.15, 0.2) is 30.7 Å². The molecule has 0 bridgehead atoms. The molecule has 3 saturated heterocycles. The Labute approximate surface area is 227 Å². The fourth-order valence-corrected chi connectivity index (χ4v) is 7.33. The van der Waals surface area contributed by atoms with E-state index in [4.69, 9.17) is 16.6 Å². The highest BCUT2D eigenvalue weighted by molar-refractivity contribution is 6.31. The normalized spacial score (nSPS) is 25.7. The molecule has 2 amide bonds. The Morgan fingerprint density at radius 3 is 2.42 bits per heavy atom. The van der Waals surface area contributed by atoms with E-state index in [1.165, 1.54) is 23.3 Å². The number of rotatable bonds is 5. The smallest absolute Gasteiger partial charge is 0.233 e. The summed E-state index contributed by atoms with van der Waals surface area (Å²) in [6.07, 6.45) is 5.91. The van der Waals surface area contributed by atoms with Crippen LogP contribution in [0.5, 0.6) is 0 Å². The second-order valence-corrected chi connectivity index (χ2v) is 12.9. The number of aromatic nitrogens is 3. The molecule has 1 aromatic carbocycles. The molecule has 4 fully saturated rings. The van der Waals surface area contributed by atoms with Crippen LogP contribution >= 0.6 is 11.6 Å². The lowest BCUT2D eigenvalue weighted by atomic mass is 9.73. The molecule has 7 rings (SSSR count). The number of carbonyl (C=O) groups excluding carboxylic acids is 2. The second-order valence-electron chi connectivity index (χ2n) is 12.5. The third kappa shape index (κ3) is 3.64. The van der Waals surface area contributed by atoms with Crippen LogP contribution < -0.4 is 5.32 Å². The average Bonchev–Trinajstić information content (AvgIpc) is 3.10. The summed E-state index contributed by atoms with van der Waals surface area (Å²) in [5.41, 5.74) is 6.20. The van der Waals surface area contributed by atoms with Gasteiger partial charge in [-0.05, 0) is 78.6 Å². The topological polar surface area (TPSA) is 82.8 Å². The number of hydrogen-bond acceptors (Lipinski definition) is 6. The molecular weight excluding hydrogens is 500 g/mol. The molecule has 1 N–H and O–H groups in total. The minimum Gasteiger partial charge on any atom is -0.316 e. The van der Waals surface area contributed by atoms with E-state index in [-0.39, 0.29) is 35.6 Å². The van der Waals surface area contributed by atoms with Crippen molar-refractivity contribution in [3.63, 3.8) is 0 Å². The number of amides is 2. The van der Waals surface area contributed by atoms with Gasteiger partial charge in [0, 0.05) is 36.4 Å². The number of fused-ring (bicyclic) bond motifs is 2. The van der Waals surface area contributed by atoms with Crippen LogP contribution in [0.2, 0.25) is 5.02 Å². The maximum absolute atomic E-state index is 12.9. The molecule has 2 aromatic heterocycles. The lowest BCUT2D eigenvalue weighted by Crippen LogP contribution is -2.58. The molecule has 8 nitrogen and oxygen atoms in total. The van der Waals surface area contributed by atoms with Gasteiger partial charge in [0.25, 0.3) is 0 Å². The number of hydrogen-bond donors (Lipinski definition) is 1. The van der Waals surface area contributed by atoms with Crippen LogP contribution in [0.25, 0.3) is 16.8 Å². The van der Waals surface area contributed by atoms with Gasteiger partial charge in [-0.15, -0.1) is 0 Å². The molecule has 1 aliphatic carbocycles. The number of imide groups is 1. The van der Waals surface area contributed by atoms with Gasteiger partial charge in [0.1, 0.15) is 6.33 Å². The molecule has 2 atom stereocenters. The Bertz CT molecular complexity index is 1460. The summed E-state index contributed by atoms with van der Waals surface area (Å²) in [7, 11) is 0. The summed E-state index contributed by atoms with van der Waals surface area (Å²) < 4.78 is 1.79. The maximum atomic E-state index is 12.9. The molecular formula is C29H33ClN6O2. The fourth-order valence-electron chi connectivity index (χ4n) is 7.06. The van der Waals surface area contributed by atoms with Crippen molar-refractivity contribution >= 4 is 28.9 Å². The zero-order chi connectivity index (χ0) is 26.4. The summed E-state index contributed by atoms with van der Waals surface area (Å²) in [5.74, 6) is -0.463. The summed E-state index contributed by atoms with van der Waals surface area (Å²) in [6, 6.07) is 6.03. The van der Waals surface area contributed by atoms with E-state index in [0.29, 0.717) is 10.4 Å². The highest BCUT2D eigenvalue weighted by Crippen LogP contribution is 2.63. The minimum absolute atomic E-state index is 0.0553. The quantitative estimate of drug-likeness (QED) is 0.505. The van der Waals surface area contributed by atoms with E-state index >= 15 is 0 Å². The molecule has 5 heterocycles. The van der Waals surface area contributed by atoms with E-state index in [0.717, 1.165) is 60.6 Å². The predicted octanol–water partition coefficient (Wildman–Crippen LogP) is 3.68. The van der Waals surface area contributed by atoms with Crippen molar-refractivity contribution in [2.75, 3.05) is 26.2 Å². The van der Waals surface area contributed by atoms with Gasteiger partial charge < -0.3 is 5.32 Å².